The van der Waals surface area contributed by atoms with E-state index in [9.17, 15) is 4.79 Å². The van der Waals surface area contributed by atoms with E-state index in [1.165, 1.54) is 0 Å². The molecule has 13 heavy (non-hydrogen) atoms. The summed E-state index contributed by atoms with van der Waals surface area (Å²) in [6, 6.07) is 0.527. The summed E-state index contributed by atoms with van der Waals surface area (Å²) in [4.78, 5) is 15.9. The molecule has 0 aromatic carbocycles. The van der Waals surface area contributed by atoms with E-state index in [2.05, 4.69) is 26.7 Å². The minimum absolute atomic E-state index is 0.0762. The minimum Gasteiger partial charge on any atom is -0.377 e. The molecule has 2 heterocycles. The molecule has 70 valence electrons. The first-order chi connectivity index (χ1) is 6.33. The van der Waals surface area contributed by atoms with Gasteiger partial charge in [-0.25, -0.2) is 0 Å². The van der Waals surface area contributed by atoms with E-state index in [0.29, 0.717) is 13.2 Å². The van der Waals surface area contributed by atoms with Crippen molar-refractivity contribution in [1.82, 2.24) is 4.90 Å². The lowest BCUT2D eigenvalue weighted by Crippen LogP contribution is -2.48. The van der Waals surface area contributed by atoms with Crippen molar-refractivity contribution in [3.63, 3.8) is 0 Å². The summed E-state index contributed by atoms with van der Waals surface area (Å²) in [6.45, 7) is 1.35. The van der Waals surface area contributed by atoms with Gasteiger partial charge in [0.25, 0.3) is 5.91 Å². The monoisotopic (exact) mass is 243 g/mol. The van der Waals surface area contributed by atoms with Gasteiger partial charge in [0.05, 0.1) is 25.3 Å². The third-order valence-electron chi connectivity index (χ3n) is 2.63. The molecule has 3 nitrogen and oxygen atoms in total. The smallest absolute Gasteiger partial charge is 0.299 e. The van der Waals surface area contributed by atoms with Crippen LogP contribution < -0.4 is 0 Å². The summed E-state index contributed by atoms with van der Waals surface area (Å²) in [5.41, 5.74) is 0. The van der Waals surface area contributed by atoms with E-state index in [1.807, 2.05) is 4.90 Å². The summed E-state index contributed by atoms with van der Waals surface area (Å²) in [5.74, 6) is 2.44. The molecule has 2 unspecified atom stereocenters. The Morgan fingerprint density at radius 2 is 2.00 bits per heavy atom. The maximum Gasteiger partial charge on any atom is 0.299 e. The van der Waals surface area contributed by atoms with Crippen LogP contribution in [0.3, 0.4) is 0 Å². The number of hydrogen-bond donors (Lipinski definition) is 0. The third kappa shape index (κ3) is 1.59. The second-order valence-corrected chi connectivity index (χ2v) is 3.75. The van der Waals surface area contributed by atoms with Crippen LogP contribution in [-0.2, 0) is 9.53 Å². The lowest BCUT2D eigenvalue weighted by Gasteiger charge is -2.32. The van der Waals surface area contributed by atoms with Crippen molar-refractivity contribution in [1.29, 1.82) is 0 Å². The van der Waals surface area contributed by atoms with Crippen molar-refractivity contribution in [2.45, 2.75) is 24.9 Å². The highest BCUT2D eigenvalue weighted by Gasteiger charge is 2.39. The van der Waals surface area contributed by atoms with Gasteiger partial charge >= 0.3 is 0 Å². The molecule has 2 bridgehead atoms. The van der Waals surface area contributed by atoms with Crippen LogP contribution >= 0.6 is 15.9 Å². The molecule has 0 spiro atoms. The molecule has 1 amide bonds. The molecule has 2 aliphatic heterocycles. The van der Waals surface area contributed by atoms with Gasteiger partial charge in [0.1, 0.15) is 0 Å². The number of carbonyl (C=O) groups excluding carboxylic acids is 1. The molecular weight excluding hydrogens is 234 g/mol. The fourth-order valence-corrected chi connectivity index (χ4v) is 2.23. The average molecular weight is 244 g/mol. The van der Waals surface area contributed by atoms with Crippen LogP contribution in [0.25, 0.3) is 0 Å². The topological polar surface area (TPSA) is 29.5 Å². The number of amides is 1. The Kier molecular flexibility index (Phi) is 2.56. The number of hydrogen-bond acceptors (Lipinski definition) is 2. The molecule has 2 rings (SSSR count). The van der Waals surface area contributed by atoms with Crippen LogP contribution in [0.5, 0.6) is 0 Å². The Balaban J connectivity index is 2.13. The molecular formula is C9H10BrNO2. The second kappa shape index (κ2) is 3.69. The van der Waals surface area contributed by atoms with E-state index in [1.54, 1.807) is 0 Å². The Morgan fingerprint density at radius 1 is 1.38 bits per heavy atom. The Hall–Kier alpha value is -0.530. The van der Waals surface area contributed by atoms with E-state index >= 15 is 0 Å². The van der Waals surface area contributed by atoms with Gasteiger partial charge in [-0.2, -0.15) is 0 Å². The van der Waals surface area contributed by atoms with Gasteiger partial charge < -0.3 is 9.64 Å². The summed E-state index contributed by atoms with van der Waals surface area (Å²) >= 11 is 2.94. The zero-order chi connectivity index (χ0) is 9.26. The number of morpholine rings is 1. The van der Waals surface area contributed by atoms with Crippen molar-refractivity contribution in [3.8, 4) is 10.8 Å². The molecule has 4 heteroatoms. The predicted octanol–water partition coefficient (Wildman–Crippen LogP) is 0.732. The molecule has 0 aliphatic carbocycles. The first-order valence-corrected chi connectivity index (χ1v) is 5.14. The molecule has 2 saturated heterocycles. The van der Waals surface area contributed by atoms with Crippen LogP contribution in [0.2, 0.25) is 0 Å². The predicted molar refractivity (Wildman–Crippen MR) is 51.2 cm³/mol. The number of fused-ring (bicyclic) bond motifs is 2. The van der Waals surface area contributed by atoms with E-state index < -0.39 is 0 Å². The minimum atomic E-state index is -0.0762. The van der Waals surface area contributed by atoms with Crippen LogP contribution in [-0.4, -0.2) is 36.1 Å². The Morgan fingerprint density at radius 3 is 2.54 bits per heavy atom. The first-order valence-electron chi connectivity index (χ1n) is 4.34. The van der Waals surface area contributed by atoms with Crippen LogP contribution in [0, 0.1) is 10.8 Å². The van der Waals surface area contributed by atoms with Gasteiger partial charge in [0.2, 0.25) is 0 Å². The molecule has 0 aromatic rings. The van der Waals surface area contributed by atoms with Crippen molar-refractivity contribution in [3.05, 3.63) is 0 Å². The largest absolute Gasteiger partial charge is 0.377 e. The molecule has 0 radical (unpaired) electrons. The quantitative estimate of drug-likeness (QED) is 0.588. The Bertz CT molecular complexity index is 265. The van der Waals surface area contributed by atoms with Gasteiger partial charge in [-0.1, -0.05) is 0 Å². The maximum absolute atomic E-state index is 11.5. The number of nitrogens with zero attached hydrogens (tertiary/aromatic N) is 1. The van der Waals surface area contributed by atoms with Gasteiger partial charge in [0, 0.05) is 21.9 Å². The number of halogens is 1. The highest BCUT2D eigenvalue weighted by atomic mass is 79.9. The van der Waals surface area contributed by atoms with Crippen LogP contribution in [0.15, 0.2) is 0 Å². The van der Waals surface area contributed by atoms with Crippen molar-refractivity contribution in [2.75, 3.05) is 13.2 Å². The molecule has 2 aliphatic rings. The summed E-state index contributed by atoms with van der Waals surface area (Å²) in [6.07, 6.45) is 2.11. The van der Waals surface area contributed by atoms with E-state index in [4.69, 9.17) is 4.74 Å². The molecule has 0 saturated carbocycles. The average Bonchev–Trinajstić information content (AvgIpc) is 2.37. The number of rotatable bonds is 0. The van der Waals surface area contributed by atoms with Gasteiger partial charge in [0.15, 0.2) is 0 Å². The molecule has 2 atom stereocenters. The normalized spacial score (nSPS) is 31.0. The summed E-state index contributed by atoms with van der Waals surface area (Å²) < 4.78 is 5.36. The van der Waals surface area contributed by atoms with Gasteiger partial charge in [-0.05, 0) is 17.7 Å². The molecule has 2 fully saturated rings. The van der Waals surface area contributed by atoms with Crippen molar-refractivity contribution >= 4 is 21.8 Å². The standard InChI is InChI=1S/C9H10BrNO2/c10-4-3-9(12)11-7-1-2-8(11)6-13-5-7/h7-8H,1-2,5-6H2. The van der Waals surface area contributed by atoms with Gasteiger partial charge in [-0.15, -0.1) is 0 Å². The van der Waals surface area contributed by atoms with E-state index in [-0.39, 0.29) is 18.0 Å². The SMILES string of the molecule is O=C(C#CBr)N1C2CCC1COC2. The number of ether oxygens (including phenoxy) is 1. The Labute approximate surface area is 85.5 Å². The summed E-state index contributed by atoms with van der Waals surface area (Å²) in [7, 11) is 0. The summed E-state index contributed by atoms with van der Waals surface area (Å²) in [5, 5.41) is 0. The van der Waals surface area contributed by atoms with Crippen LogP contribution in [0.4, 0.5) is 0 Å². The van der Waals surface area contributed by atoms with Crippen molar-refractivity contribution < 1.29 is 9.53 Å². The number of carbonyl (C=O) groups is 1. The highest BCUT2D eigenvalue weighted by Crippen LogP contribution is 2.28. The maximum atomic E-state index is 11.5. The van der Waals surface area contributed by atoms with Gasteiger partial charge in [-0.3, -0.25) is 4.79 Å². The lowest BCUT2D eigenvalue weighted by atomic mass is 10.2. The fraction of sp³-hybridized carbons (Fsp3) is 0.667. The zero-order valence-electron chi connectivity index (χ0n) is 7.12. The lowest BCUT2D eigenvalue weighted by molar-refractivity contribution is -0.134. The molecule has 0 aromatic heterocycles. The first kappa shape index (κ1) is 9.04. The van der Waals surface area contributed by atoms with Crippen molar-refractivity contribution in [2.24, 2.45) is 0 Å². The van der Waals surface area contributed by atoms with Crippen LogP contribution in [0.1, 0.15) is 12.8 Å². The second-order valence-electron chi connectivity index (χ2n) is 3.35. The molecule has 0 N–H and O–H groups in total. The van der Waals surface area contributed by atoms with E-state index in [0.717, 1.165) is 12.8 Å². The highest BCUT2D eigenvalue weighted by molar-refractivity contribution is 9.12. The third-order valence-corrected chi connectivity index (χ3v) is 2.83. The fourth-order valence-electron chi connectivity index (χ4n) is 2.07. The zero-order valence-corrected chi connectivity index (χ0v) is 8.71.